The zero-order chi connectivity index (χ0) is 9.80. The molecule has 1 saturated carbocycles. The molecule has 0 aromatic heterocycles. The number of nitrogens with zero attached hydrogens (tertiary/aromatic N) is 1. The van der Waals surface area contributed by atoms with Crippen molar-refractivity contribution in [2.45, 2.75) is 31.9 Å². The van der Waals surface area contributed by atoms with Gasteiger partial charge in [-0.1, -0.05) is 18.2 Å². The van der Waals surface area contributed by atoms with Crippen LogP contribution in [0.2, 0.25) is 0 Å². The summed E-state index contributed by atoms with van der Waals surface area (Å²) in [6, 6.07) is 9.88. The van der Waals surface area contributed by atoms with E-state index in [9.17, 15) is 4.39 Å². The lowest BCUT2D eigenvalue weighted by Gasteiger charge is -2.16. The van der Waals surface area contributed by atoms with E-state index in [1.165, 1.54) is 0 Å². The molecule has 1 aliphatic rings. The average Bonchev–Trinajstić information content (AvgIpc) is 2.23. The summed E-state index contributed by atoms with van der Waals surface area (Å²) < 4.78 is 12.8. The normalized spacial score (nSPS) is 22.1. The molecule has 2 heteroatoms. The van der Waals surface area contributed by atoms with Crippen molar-refractivity contribution < 1.29 is 4.39 Å². The van der Waals surface area contributed by atoms with Crippen LogP contribution in [0.5, 0.6) is 0 Å². The first kappa shape index (κ1) is 9.38. The largest absolute Gasteiger partial charge is 0.258 e. The molecule has 1 aromatic carbocycles. The van der Waals surface area contributed by atoms with Gasteiger partial charge >= 0.3 is 0 Å². The second-order valence-electron chi connectivity index (χ2n) is 3.69. The van der Waals surface area contributed by atoms with Crippen molar-refractivity contribution in [1.29, 1.82) is 0 Å². The topological polar surface area (TPSA) is 12.4 Å². The summed E-state index contributed by atoms with van der Waals surface area (Å²) in [7, 11) is 0. The lowest BCUT2D eigenvalue weighted by atomic mass is 9.97. The first-order valence-electron chi connectivity index (χ1n) is 5.10. The molecule has 2 rings (SSSR count). The van der Waals surface area contributed by atoms with Gasteiger partial charge in [0.1, 0.15) is 6.17 Å². The van der Waals surface area contributed by atoms with E-state index in [1.54, 1.807) is 0 Å². The molecular formula is C12H14FN. The molecule has 0 saturated heterocycles. The lowest BCUT2D eigenvalue weighted by molar-refractivity contribution is 0.292. The molecule has 0 heterocycles. The van der Waals surface area contributed by atoms with E-state index in [4.69, 9.17) is 0 Å². The minimum Gasteiger partial charge on any atom is -0.258 e. The van der Waals surface area contributed by atoms with Crippen LogP contribution < -0.4 is 0 Å². The first-order chi connectivity index (χ1) is 6.84. The predicted molar refractivity (Wildman–Crippen MR) is 56.9 cm³/mol. The SMILES string of the molecule is FC1CCC(=Nc2ccccc2)CC1. The van der Waals surface area contributed by atoms with Crippen molar-refractivity contribution in [2.75, 3.05) is 0 Å². The van der Waals surface area contributed by atoms with Gasteiger partial charge in [0.25, 0.3) is 0 Å². The highest BCUT2D eigenvalue weighted by Crippen LogP contribution is 2.21. The molecule has 14 heavy (non-hydrogen) atoms. The standard InChI is InChI=1S/C12H14FN/c13-10-6-8-12(9-7-10)14-11-4-2-1-3-5-11/h1-5,10H,6-9H2. The van der Waals surface area contributed by atoms with Crippen LogP contribution in [0.3, 0.4) is 0 Å². The first-order valence-corrected chi connectivity index (χ1v) is 5.10. The van der Waals surface area contributed by atoms with Crippen LogP contribution in [0, 0.1) is 0 Å². The number of aliphatic imine (C=N–C) groups is 1. The summed E-state index contributed by atoms with van der Waals surface area (Å²) in [5.74, 6) is 0. The number of benzene rings is 1. The number of rotatable bonds is 1. The highest BCUT2D eigenvalue weighted by molar-refractivity contribution is 5.87. The third-order valence-corrected chi connectivity index (χ3v) is 2.54. The van der Waals surface area contributed by atoms with Crippen molar-refractivity contribution >= 4 is 11.4 Å². The van der Waals surface area contributed by atoms with Crippen LogP contribution in [-0.2, 0) is 0 Å². The van der Waals surface area contributed by atoms with Crippen LogP contribution in [0.1, 0.15) is 25.7 Å². The van der Waals surface area contributed by atoms with Gasteiger partial charge in [0.05, 0.1) is 5.69 Å². The van der Waals surface area contributed by atoms with E-state index < -0.39 is 6.17 Å². The third-order valence-electron chi connectivity index (χ3n) is 2.54. The lowest BCUT2D eigenvalue weighted by Crippen LogP contribution is -2.14. The Balaban J connectivity index is 2.05. The minimum absolute atomic E-state index is 0.607. The van der Waals surface area contributed by atoms with Gasteiger partial charge in [-0.2, -0.15) is 0 Å². The number of hydrogen-bond donors (Lipinski definition) is 0. The maximum atomic E-state index is 12.8. The fourth-order valence-electron chi connectivity index (χ4n) is 1.71. The van der Waals surface area contributed by atoms with Gasteiger partial charge in [-0.15, -0.1) is 0 Å². The number of halogens is 1. The summed E-state index contributed by atoms with van der Waals surface area (Å²) >= 11 is 0. The van der Waals surface area contributed by atoms with E-state index in [1.807, 2.05) is 30.3 Å². The van der Waals surface area contributed by atoms with Crippen molar-refractivity contribution in [3.05, 3.63) is 30.3 Å². The summed E-state index contributed by atoms with van der Waals surface area (Å²) in [6.07, 6.45) is 2.31. The van der Waals surface area contributed by atoms with Crippen LogP contribution in [0.25, 0.3) is 0 Å². The molecule has 0 aliphatic heterocycles. The van der Waals surface area contributed by atoms with Crippen molar-refractivity contribution in [3.63, 3.8) is 0 Å². The summed E-state index contributed by atoms with van der Waals surface area (Å²) in [4.78, 5) is 4.50. The Kier molecular flexibility index (Phi) is 2.92. The van der Waals surface area contributed by atoms with E-state index in [2.05, 4.69) is 4.99 Å². The van der Waals surface area contributed by atoms with Gasteiger partial charge in [-0.25, -0.2) is 4.39 Å². The Hall–Kier alpha value is -1.18. The van der Waals surface area contributed by atoms with Crippen LogP contribution >= 0.6 is 0 Å². The zero-order valence-electron chi connectivity index (χ0n) is 8.12. The molecule has 0 bridgehead atoms. The fraction of sp³-hybridized carbons (Fsp3) is 0.417. The predicted octanol–water partition coefficient (Wildman–Crippen LogP) is 3.67. The Morgan fingerprint density at radius 2 is 1.71 bits per heavy atom. The second kappa shape index (κ2) is 4.36. The highest BCUT2D eigenvalue weighted by Gasteiger charge is 2.15. The highest BCUT2D eigenvalue weighted by atomic mass is 19.1. The van der Waals surface area contributed by atoms with Gasteiger partial charge < -0.3 is 0 Å². The van der Waals surface area contributed by atoms with E-state index in [-0.39, 0.29) is 0 Å². The molecule has 0 atom stereocenters. The van der Waals surface area contributed by atoms with Crippen molar-refractivity contribution in [2.24, 2.45) is 4.99 Å². The van der Waals surface area contributed by atoms with Crippen molar-refractivity contribution in [3.8, 4) is 0 Å². The number of hydrogen-bond acceptors (Lipinski definition) is 1. The van der Waals surface area contributed by atoms with Crippen LogP contribution in [0.4, 0.5) is 10.1 Å². The van der Waals surface area contributed by atoms with Crippen molar-refractivity contribution in [1.82, 2.24) is 0 Å². The summed E-state index contributed by atoms with van der Waals surface area (Å²) in [5, 5.41) is 0. The summed E-state index contributed by atoms with van der Waals surface area (Å²) in [6.45, 7) is 0. The fourth-order valence-corrected chi connectivity index (χ4v) is 1.71. The molecule has 0 amide bonds. The van der Waals surface area contributed by atoms with E-state index >= 15 is 0 Å². The molecule has 1 nitrogen and oxygen atoms in total. The van der Waals surface area contributed by atoms with Gasteiger partial charge in [-0.05, 0) is 37.8 Å². The maximum absolute atomic E-state index is 12.8. The second-order valence-corrected chi connectivity index (χ2v) is 3.69. The Morgan fingerprint density at radius 1 is 1.07 bits per heavy atom. The third kappa shape index (κ3) is 2.41. The van der Waals surface area contributed by atoms with E-state index in [0.29, 0.717) is 12.8 Å². The van der Waals surface area contributed by atoms with Crippen LogP contribution in [0.15, 0.2) is 35.3 Å². The van der Waals surface area contributed by atoms with Gasteiger partial charge in [0.15, 0.2) is 0 Å². The Labute approximate surface area is 83.7 Å². The number of alkyl halides is 1. The molecule has 1 aromatic rings. The molecule has 1 aliphatic carbocycles. The van der Waals surface area contributed by atoms with Gasteiger partial charge in [0, 0.05) is 5.71 Å². The van der Waals surface area contributed by atoms with Gasteiger partial charge in [0.2, 0.25) is 0 Å². The molecule has 0 N–H and O–H groups in total. The molecule has 74 valence electrons. The molecule has 0 radical (unpaired) electrons. The monoisotopic (exact) mass is 191 g/mol. The molecule has 0 spiro atoms. The number of para-hydroxylation sites is 1. The Bertz CT molecular complexity index is 308. The van der Waals surface area contributed by atoms with Gasteiger partial charge in [-0.3, -0.25) is 4.99 Å². The Morgan fingerprint density at radius 3 is 2.36 bits per heavy atom. The molecule has 1 fully saturated rings. The average molecular weight is 191 g/mol. The van der Waals surface area contributed by atoms with E-state index in [0.717, 1.165) is 24.2 Å². The maximum Gasteiger partial charge on any atom is 0.101 e. The quantitative estimate of drug-likeness (QED) is 0.642. The minimum atomic E-state index is -0.607. The summed E-state index contributed by atoms with van der Waals surface area (Å²) in [5.41, 5.74) is 2.13. The van der Waals surface area contributed by atoms with Crippen LogP contribution in [-0.4, -0.2) is 11.9 Å². The molecule has 0 unspecified atom stereocenters. The smallest absolute Gasteiger partial charge is 0.101 e. The zero-order valence-corrected chi connectivity index (χ0v) is 8.12. The molecular weight excluding hydrogens is 177 g/mol.